The van der Waals surface area contributed by atoms with E-state index >= 15 is 0 Å². The summed E-state index contributed by atoms with van der Waals surface area (Å²) in [6.45, 7) is 0. The zero-order valence-electron chi connectivity index (χ0n) is 8.24. The number of nitrogens with zero attached hydrogens (tertiary/aromatic N) is 2. The van der Waals surface area contributed by atoms with Crippen LogP contribution in [0.5, 0.6) is 0 Å². The van der Waals surface area contributed by atoms with Crippen LogP contribution in [0.1, 0.15) is 10.7 Å². The molecule has 0 aromatic carbocycles. The van der Waals surface area contributed by atoms with Crippen molar-refractivity contribution in [3.05, 3.63) is 28.5 Å². The molecule has 0 saturated heterocycles. The van der Waals surface area contributed by atoms with Gasteiger partial charge in [0.25, 0.3) is 0 Å². The average Bonchev–Trinajstić information content (AvgIpc) is 2.89. The van der Waals surface area contributed by atoms with Crippen LogP contribution in [0.15, 0.2) is 17.8 Å². The van der Waals surface area contributed by atoms with Crippen LogP contribution in [0, 0.1) is 0 Å². The molecule has 0 unspecified atom stereocenters. The maximum atomic E-state index is 11.5. The zero-order chi connectivity index (χ0) is 11.4. The molecule has 0 bridgehead atoms. The van der Waals surface area contributed by atoms with Gasteiger partial charge in [0, 0.05) is 17.8 Å². The van der Waals surface area contributed by atoms with Crippen molar-refractivity contribution >= 4 is 34.8 Å². The van der Waals surface area contributed by atoms with Crippen molar-refractivity contribution in [2.75, 3.05) is 5.32 Å². The Kier molecular flexibility index (Phi) is 3.53. The summed E-state index contributed by atoms with van der Waals surface area (Å²) >= 11 is 7.05. The van der Waals surface area contributed by atoms with Crippen LogP contribution in [-0.2, 0) is 17.1 Å². The molecular formula is C9H9ClN4OS. The van der Waals surface area contributed by atoms with Crippen molar-refractivity contribution in [1.29, 1.82) is 0 Å². The molecule has 0 atom stereocenters. The van der Waals surface area contributed by atoms with E-state index in [9.17, 15) is 4.79 Å². The van der Waals surface area contributed by atoms with Crippen LogP contribution in [0.2, 0.25) is 0 Å². The maximum Gasteiger partial charge on any atom is 0.233 e. The summed E-state index contributed by atoms with van der Waals surface area (Å²) in [4.78, 5) is 22.4. The van der Waals surface area contributed by atoms with Gasteiger partial charge in [0.15, 0.2) is 0 Å². The first kappa shape index (κ1) is 11.1. The van der Waals surface area contributed by atoms with Gasteiger partial charge >= 0.3 is 0 Å². The number of anilines is 1. The van der Waals surface area contributed by atoms with Crippen molar-refractivity contribution < 1.29 is 4.79 Å². The number of carbonyl (C=O) groups excluding carboxylic acids is 1. The Hall–Kier alpha value is -1.40. The Balaban J connectivity index is 1.92. The molecule has 16 heavy (non-hydrogen) atoms. The Labute approximate surface area is 101 Å². The van der Waals surface area contributed by atoms with Crippen LogP contribution in [0.3, 0.4) is 0 Å². The summed E-state index contributed by atoms with van der Waals surface area (Å²) in [5.41, 5.74) is 0.799. The van der Waals surface area contributed by atoms with Gasteiger partial charge < -0.3 is 4.98 Å². The van der Waals surface area contributed by atoms with Gasteiger partial charge in [0.1, 0.15) is 5.01 Å². The summed E-state index contributed by atoms with van der Waals surface area (Å²) in [7, 11) is 0. The van der Waals surface area contributed by atoms with Gasteiger partial charge in [-0.05, 0) is 0 Å². The summed E-state index contributed by atoms with van der Waals surface area (Å²) in [6.07, 6.45) is 3.46. The highest BCUT2D eigenvalue weighted by Gasteiger charge is 2.08. The molecule has 0 fully saturated rings. The number of imidazole rings is 1. The van der Waals surface area contributed by atoms with E-state index < -0.39 is 0 Å². The molecule has 1 amide bonds. The number of amides is 1. The van der Waals surface area contributed by atoms with Gasteiger partial charge in [0.05, 0.1) is 18.0 Å². The highest BCUT2D eigenvalue weighted by atomic mass is 35.5. The number of hydrogen-bond acceptors (Lipinski definition) is 4. The highest BCUT2D eigenvalue weighted by molar-refractivity contribution is 7.09. The number of rotatable bonds is 4. The van der Waals surface area contributed by atoms with Crippen molar-refractivity contribution in [2.45, 2.75) is 12.3 Å². The number of alkyl halides is 1. The van der Waals surface area contributed by atoms with E-state index in [0.717, 1.165) is 10.7 Å². The highest BCUT2D eigenvalue weighted by Crippen LogP contribution is 2.12. The molecule has 5 nitrogen and oxygen atoms in total. The summed E-state index contributed by atoms with van der Waals surface area (Å²) in [5, 5.41) is 5.23. The molecule has 0 saturated carbocycles. The van der Waals surface area contributed by atoms with Crippen LogP contribution in [0.25, 0.3) is 0 Å². The standard InChI is InChI=1S/C9H9ClN4OS/c10-4-6-5-16-8(13-6)3-7(15)14-9-11-1-2-12-9/h1-2,5H,3-4H2,(H2,11,12,14,15). The lowest BCUT2D eigenvalue weighted by atomic mass is 10.4. The fourth-order valence-corrected chi connectivity index (χ4v) is 2.16. The van der Waals surface area contributed by atoms with Crippen LogP contribution >= 0.6 is 22.9 Å². The van der Waals surface area contributed by atoms with E-state index in [0.29, 0.717) is 11.8 Å². The molecule has 2 aromatic heterocycles. The number of nitrogens with one attached hydrogen (secondary N) is 2. The molecule has 7 heteroatoms. The molecule has 0 aliphatic rings. The topological polar surface area (TPSA) is 70.7 Å². The van der Waals surface area contributed by atoms with Crippen molar-refractivity contribution in [2.24, 2.45) is 0 Å². The first-order valence-corrected chi connectivity index (χ1v) is 5.98. The lowest BCUT2D eigenvalue weighted by Gasteiger charge is -1.98. The normalized spacial score (nSPS) is 10.3. The Morgan fingerprint density at radius 1 is 1.62 bits per heavy atom. The van der Waals surface area contributed by atoms with E-state index in [2.05, 4.69) is 20.3 Å². The minimum absolute atomic E-state index is 0.148. The molecule has 0 radical (unpaired) electrons. The summed E-state index contributed by atoms with van der Waals surface area (Å²) in [6, 6.07) is 0. The van der Waals surface area contributed by atoms with Crippen LogP contribution in [0.4, 0.5) is 5.95 Å². The Morgan fingerprint density at radius 2 is 2.50 bits per heavy atom. The molecule has 2 N–H and O–H groups in total. The molecule has 2 aromatic rings. The van der Waals surface area contributed by atoms with Crippen molar-refractivity contribution in [1.82, 2.24) is 15.0 Å². The number of H-pyrrole nitrogens is 1. The van der Waals surface area contributed by atoms with E-state index in [1.54, 1.807) is 12.4 Å². The second-order valence-corrected chi connectivity index (χ2v) is 4.24. The predicted octanol–water partition coefficient (Wildman–Crippen LogP) is 1.79. The zero-order valence-corrected chi connectivity index (χ0v) is 9.81. The largest absolute Gasteiger partial charge is 0.331 e. The van der Waals surface area contributed by atoms with Crippen LogP contribution in [-0.4, -0.2) is 20.9 Å². The lowest BCUT2D eigenvalue weighted by Crippen LogP contribution is -2.15. The number of aromatic amines is 1. The second kappa shape index (κ2) is 5.09. The smallest absolute Gasteiger partial charge is 0.233 e. The molecule has 0 aliphatic heterocycles. The molecule has 2 rings (SSSR count). The summed E-state index contributed by atoms with van der Waals surface area (Å²) in [5.74, 6) is 0.667. The van der Waals surface area contributed by atoms with Crippen molar-refractivity contribution in [3.8, 4) is 0 Å². The van der Waals surface area contributed by atoms with Gasteiger partial charge in [-0.25, -0.2) is 9.97 Å². The number of thiazole rings is 1. The second-order valence-electron chi connectivity index (χ2n) is 3.03. The first-order valence-electron chi connectivity index (χ1n) is 4.56. The fourth-order valence-electron chi connectivity index (χ4n) is 1.14. The Morgan fingerprint density at radius 3 is 3.12 bits per heavy atom. The predicted molar refractivity (Wildman–Crippen MR) is 62.6 cm³/mol. The molecule has 0 aliphatic carbocycles. The van der Waals surface area contributed by atoms with Crippen LogP contribution < -0.4 is 5.32 Å². The lowest BCUT2D eigenvalue weighted by molar-refractivity contribution is -0.115. The first-order chi connectivity index (χ1) is 7.78. The third kappa shape index (κ3) is 2.80. The van der Waals surface area contributed by atoms with Gasteiger partial charge in [-0.1, -0.05) is 0 Å². The van der Waals surface area contributed by atoms with Gasteiger partial charge in [-0.15, -0.1) is 22.9 Å². The molecule has 0 spiro atoms. The monoisotopic (exact) mass is 256 g/mol. The fraction of sp³-hybridized carbons (Fsp3) is 0.222. The minimum Gasteiger partial charge on any atom is -0.331 e. The van der Waals surface area contributed by atoms with E-state index in [1.165, 1.54) is 11.3 Å². The maximum absolute atomic E-state index is 11.5. The third-order valence-corrected chi connectivity index (χ3v) is 2.98. The van der Waals surface area contributed by atoms with E-state index in [-0.39, 0.29) is 12.3 Å². The molecule has 84 valence electrons. The SMILES string of the molecule is O=C(Cc1nc(CCl)cs1)Nc1ncc[nH]1. The number of halogens is 1. The minimum atomic E-state index is -0.148. The quantitative estimate of drug-likeness (QED) is 0.820. The van der Waals surface area contributed by atoms with Gasteiger partial charge in [-0.3, -0.25) is 10.1 Å². The molecule has 2 heterocycles. The number of aromatic nitrogens is 3. The number of hydrogen-bond donors (Lipinski definition) is 2. The number of carbonyl (C=O) groups is 1. The Bertz CT molecular complexity index is 468. The van der Waals surface area contributed by atoms with E-state index in [1.807, 2.05) is 5.38 Å². The van der Waals surface area contributed by atoms with E-state index in [4.69, 9.17) is 11.6 Å². The average molecular weight is 257 g/mol. The third-order valence-electron chi connectivity index (χ3n) is 1.80. The van der Waals surface area contributed by atoms with Gasteiger partial charge in [0.2, 0.25) is 11.9 Å². The molecular weight excluding hydrogens is 248 g/mol. The van der Waals surface area contributed by atoms with Gasteiger partial charge in [-0.2, -0.15) is 0 Å². The summed E-state index contributed by atoms with van der Waals surface area (Å²) < 4.78 is 0. The van der Waals surface area contributed by atoms with Crippen molar-refractivity contribution in [3.63, 3.8) is 0 Å².